The molecule has 0 aromatic carbocycles. The maximum absolute atomic E-state index is 12.6. The third-order valence-corrected chi connectivity index (χ3v) is 5.09. The van der Waals surface area contributed by atoms with Crippen molar-refractivity contribution < 1.29 is 9.53 Å². The van der Waals surface area contributed by atoms with Gasteiger partial charge in [-0.15, -0.1) is 11.3 Å². The first kappa shape index (κ1) is 15.8. The topological polar surface area (TPSA) is 71.1 Å². The van der Waals surface area contributed by atoms with Crippen LogP contribution in [0, 0.1) is 6.92 Å². The van der Waals surface area contributed by atoms with Crippen LogP contribution in [-0.4, -0.2) is 45.2 Å². The molecule has 1 aliphatic heterocycles. The van der Waals surface area contributed by atoms with Crippen LogP contribution in [0.3, 0.4) is 0 Å². The molecule has 0 bridgehead atoms. The van der Waals surface area contributed by atoms with Crippen molar-refractivity contribution in [1.29, 1.82) is 0 Å². The molecule has 1 atom stereocenters. The highest BCUT2D eigenvalue weighted by atomic mass is 32.1. The average Bonchev–Trinajstić information content (AvgIpc) is 3.37. The Morgan fingerprint density at radius 3 is 3.08 bits per heavy atom. The zero-order valence-electron chi connectivity index (χ0n) is 13.8. The molecule has 1 unspecified atom stereocenters. The van der Waals surface area contributed by atoms with Crippen LogP contribution in [0.4, 0.5) is 0 Å². The maximum atomic E-state index is 12.6. The van der Waals surface area contributed by atoms with Crippen molar-refractivity contribution in [2.45, 2.75) is 19.4 Å². The molecule has 7 heteroatoms. The summed E-state index contributed by atoms with van der Waals surface area (Å²) in [5.41, 5.74) is 2.40. The number of hydrogen-bond acceptors (Lipinski definition) is 5. The minimum absolute atomic E-state index is 0.0325. The molecular formula is C18H18N4O2S. The number of carbonyl (C=O) groups excluding carboxylic acids is 1. The summed E-state index contributed by atoms with van der Waals surface area (Å²) in [5.74, 6) is 0.534. The van der Waals surface area contributed by atoms with Gasteiger partial charge in [-0.1, -0.05) is 12.1 Å². The number of aromatic amines is 1. The van der Waals surface area contributed by atoms with Gasteiger partial charge >= 0.3 is 0 Å². The van der Waals surface area contributed by atoms with Gasteiger partial charge in [0.15, 0.2) is 5.69 Å². The number of nitrogens with one attached hydrogen (secondary N) is 1. The lowest BCUT2D eigenvalue weighted by Gasteiger charge is -2.15. The third-order valence-electron chi connectivity index (χ3n) is 4.19. The summed E-state index contributed by atoms with van der Waals surface area (Å²) >= 11 is 1.61. The smallest absolute Gasteiger partial charge is 0.274 e. The molecule has 1 saturated heterocycles. The predicted octanol–water partition coefficient (Wildman–Crippen LogP) is 3.14. The number of likely N-dealkylation sites (tertiary alicyclic amines) is 1. The van der Waals surface area contributed by atoms with Crippen LogP contribution in [0.1, 0.15) is 22.5 Å². The Kier molecular flexibility index (Phi) is 4.23. The van der Waals surface area contributed by atoms with Crippen molar-refractivity contribution in [3.8, 4) is 16.5 Å². The zero-order chi connectivity index (χ0) is 17.2. The highest BCUT2D eigenvalue weighted by Gasteiger charge is 2.29. The Bertz CT molecular complexity index is 858. The second kappa shape index (κ2) is 6.68. The number of hydrogen-bond donors (Lipinski definition) is 1. The van der Waals surface area contributed by atoms with Gasteiger partial charge < -0.3 is 9.64 Å². The Morgan fingerprint density at radius 1 is 1.40 bits per heavy atom. The number of aryl methyl sites for hydroxylation is 1. The summed E-state index contributed by atoms with van der Waals surface area (Å²) in [4.78, 5) is 19.8. The lowest BCUT2D eigenvalue weighted by molar-refractivity contribution is 0.0765. The highest BCUT2D eigenvalue weighted by Crippen LogP contribution is 2.24. The fourth-order valence-corrected chi connectivity index (χ4v) is 3.55. The monoisotopic (exact) mass is 354 g/mol. The van der Waals surface area contributed by atoms with E-state index in [1.54, 1.807) is 22.4 Å². The molecule has 1 N–H and O–H groups in total. The van der Waals surface area contributed by atoms with Gasteiger partial charge in [0, 0.05) is 25.2 Å². The van der Waals surface area contributed by atoms with Crippen LogP contribution < -0.4 is 4.74 Å². The summed E-state index contributed by atoms with van der Waals surface area (Å²) in [6.45, 7) is 3.20. The van der Waals surface area contributed by atoms with Gasteiger partial charge in [0.1, 0.15) is 6.10 Å². The molecule has 1 amide bonds. The fraction of sp³-hybridized carbons (Fsp3) is 0.278. The molecule has 0 saturated carbocycles. The lowest BCUT2D eigenvalue weighted by atomic mass is 10.3. The molecule has 4 heterocycles. The molecule has 0 aliphatic carbocycles. The Morgan fingerprint density at radius 2 is 2.32 bits per heavy atom. The first-order valence-electron chi connectivity index (χ1n) is 8.17. The number of thiophene rings is 1. The van der Waals surface area contributed by atoms with Crippen LogP contribution in [0.25, 0.3) is 10.6 Å². The largest absolute Gasteiger partial charge is 0.472 e. The number of carbonyl (C=O) groups is 1. The van der Waals surface area contributed by atoms with Crippen LogP contribution in [0.15, 0.2) is 41.9 Å². The van der Waals surface area contributed by atoms with Crippen LogP contribution >= 0.6 is 11.3 Å². The summed E-state index contributed by atoms with van der Waals surface area (Å²) in [5, 5.41) is 9.11. The summed E-state index contributed by atoms with van der Waals surface area (Å²) in [6.07, 6.45) is 2.54. The van der Waals surface area contributed by atoms with E-state index in [4.69, 9.17) is 4.74 Å². The molecule has 0 spiro atoms. The van der Waals surface area contributed by atoms with E-state index in [0.717, 1.165) is 22.6 Å². The van der Waals surface area contributed by atoms with Gasteiger partial charge in [-0.3, -0.25) is 9.89 Å². The van der Waals surface area contributed by atoms with Crippen LogP contribution in [0.2, 0.25) is 0 Å². The Balaban J connectivity index is 1.39. The third kappa shape index (κ3) is 3.41. The number of H-pyrrole nitrogens is 1. The molecule has 128 valence electrons. The number of ether oxygens (including phenoxy) is 1. The van der Waals surface area contributed by atoms with Crippen molar-refractivity contribution in [3.63, 3.8) is 0 Å². The second-order valence-electron chi connectivity index (χ2n) is 6.10. The van der Waals surface area contributed by atoms with Gasteiger partial charge in [-0.2, -0.15) is 5.10 Å². The van der Waals surface area contributed by atoms with E-state index in [1.807, 2.05) is 42.6 Å². The van der Waals surface area contributed by atoms with E-state index < -0.39 is 0 Å². The Labute approximate surface area is 149 Å². The molecular weight excluding hydrogens is 336 g/mol. The van der Waals surface area contributed by atoms with Gasteiger partial charge in [0.05, 0.1) is 17.1 Å². The maximum Gasteiger partial charge on any atom is 0.274 e. The normalized spacial score (nSPS) is 17.0. The predicted molar refractivity (Wildman–Crippen MR) is 95.8 cm³/mol. The second-order valence-corrected chi connectivity index (χ2v) is 7.05. The van der Waals surface area contributed by atoms with Crippen LogP contribution in [-0.2, 0) is 0 Å². The van der Waals surface area contributed by atoms with Crippen molar-refractivity contribution >= 4 is 17.2 Å². The number of rotatable bonds is 4. The molecule has 0 radical (unpaired) electrons. The first-order valence-corrected chi connectivity index (χ1v) is 9.05. The number of pyridine rings is 1. The van der Waals surface area contributed by atoms with Gasteiger partial charge in [0.2, 0.25) is 5.88 Å². The number of aromatic nitrogens is 3. The molecule has 4 rings (SSSR count). The lowest BCUT2D eigenvalue weighted by Crippen LogP contribution is -2.31. The quantitative estimate of drug-likeness (QED) is 0.781. The zero-order valence-corrected chi connectivity index (χ0v) is 14.6. The molecule has 25 heavy (non-hydrogen) atoms. The van der Waals surface area contributed by atoms with E-state index in [9.17, 15) is 4.79 Å². The van der Waals surface area contributed by atoms with E-state index in [2.05, 4.69) is 15.2 Å². The van der Waals surface area contributed by atoms with E-state index in [1.165, 1.54) is 0 Å². The fourth-order valence-electron chi connectivity index (χ4n) is 2.85. The van der Waals surface area contributed by atoms with Crippen molar-refractivity contribution in [3.05, 3.63) is 53.2 Å². The standard InChI is InChI=1S/C18H18N4O2S/c1-12-4-5-17(19-10-12)24-13-6-7-22(11-13)18(23)15-9-14(20-21-15)16-3-2-8-25-16/h2-5,8-10,13H,6-7,11H2,1H3,(H,20,21). The molecule has 1 fully saturated rings. The van der Waals surface area contributed by atoms with Gasteiger partial charge in [-0.25, -0.2) is 4.98 Å². The number of amides is 1. The molecule has 6 nitrogen and oxygen atoms in total. The van der Waals surface area contributed by atoms with Crippen LogP contribution in [0.5, 0.6) is 5.88 Å². The highest BCUT2D eigenvalue weighted by molar-refractivity contribution is 7.13. The Hall–Kier alpha value is -2.67. The van der Waals surface area contributed by atoms with Crippen molar-refractivity contribution in [2.75, 3.05) is 13.1 Å². The van der Waals surface area contributed by atoms with Crippen molar-refractivity contribution in [1.82, 2.24) is 20.1 Å². The van der Waals surface area contributed by atoms with Gasteiger partial charge in [0.25, 0.3) is 5.91 Å². The SMILES string of the molecule is Cc1ccc(OC2CCN(C(=O)c3cc(-c4cccs4)[nH]n3)C2)nc1. The average molecular weight is 354 g/mol. The van der Waals surface area contributed by atoms with E-state index >= 15 is 0 Å². The molecule has 3 aromatic heterocycles. The van der Waals surface area contributed by atoms with E-state index in [-0.39, 0.29) is 12.0 Å². The molecule has 3 aromatic rings. The van der Waals surface area contributed by atoms with Gasteiger partial charge in [-0.05, 0) is 30.0 Å². The van der Waals surface area contributed by atoms with Crippen molar-refractivity contribution in [2.24, 2.45) is 0 Å². The van der Waals surface area contributed by atoms with E-state index in [0.29, 0.717) is 24.7 Å². The summed E-state index contributed by atoms with van der Waals surface area (Å²) in [6, 6.07) is 9.62. The molecule has 1 aliphatic rings. The summed E-state index contributed by atoms with van der Waals surface area (Å²) in [7, 11) is 0. The first-order chi connectivity index (χ1) is 12.2. The minimum Gasteiger partial charge on any atom is -0.472 e. The minimum atomic E-state index is -0.0676. The number of nitrogens with zero attached hydrogens (tertiary/aromatic N) is 3. The summed E-state index contributed by atoms with van der Waals surface area (Å²) < 4.78 is 5.88.